The molecule has 0 heterocycles. The lowest BCUT2D eigenvalue weighted by Crippen LogP contribution is -2.42. The van der Waals surface area contributed by atoms with Gasteiger partial charge in [0, 0.05) is 12.8 Å². The van der Waals surface area contributed by atoms with Crippen LogP contribution in [-0.2, 0) is 19.1 Å². The number of carbonyl (C=O) groups excluding carboxylic acids is 2. The molecule has 1 amide bonds. The average molecular weight is 302 g/mol. The highest BCUT2D eigenvalue weighted by Crippen LogP contribution is 2.14. The summed E-state index contributed by atoms with van der Waals surface area (Å²) in [6.45, 7) is 4.46. The van der Waals surface area contributed by atoms with Gasteiger partial charge in [-0.3, -0.25) is 9.59 Å². The van der Waals surface area contributed by atoms with Crippen LogP contribution in [0.25, 0.3) is 0 Å². The number of rotatable bonds is 10. The molecule has 0 saturated carbocycles. The molecule has 122 valence electrons. The monoisotopic (exact) mass is 302 g/mol. The number of methoxy groups -OCH3 is 1. The standard InChI is InChI=1S/C14H26N2O5/c1-9(2)6-10(8-15)7-12(17)16-11(14(19)20)4-5-13(18)21-3/h9-11H,4-8,15H2,1-3H3,(H,16,17)(H,19,20)/t10-,11-/m0/s1. The molecule has 4 N–H and O–H groups in total. The average Bonchev–Trinajstić information content (AvgIpc) is 2.41. The van der Waals surface area contributed by atoms with Gasteiger partial charge in [0.05, 0.1) is 7.11 Å². The molecule has 0 unspecified atom stereocenters. The van der Waals surface area contributed by atoms with Crippen molar-refractivity contribution in [1.29, 1.82) is 0 Å². The highest BCUT2D eigenvalue weighted by atomic mass is 16.5. The Morgan fingerprint density at radius 1 is 1.29 bits per heavy atom. The predicted octanol–water partition coefficient (Wildman–Crippen LogP) is 0.520. The van der Waals surface area contributed by atoms with Crippen molar-refractivity contribution in [3.63, 3.8) is 0 Å². The van der Waals surface area contributed by atoms with Crippen LogP contribution in [-0.4, -0.2) is 42.6 Å². The van der Waals surface area contributed by atoms with Crippen LogP contribution >= 0.6 is 0 Å². The second-order valence-electron chi connectivity index (χ2n) is 5.51. The molecule has 0 rings (SSSR count). The molecule has 0 bridgehead atoms. The van der Waals surface area contributed by atoms with Gasteiger partial charge in [0.15, 0.2) is 0 Å². The number of aliphatic carboxylic acids is 1. The van der Waals surface area contributed by atoms with Gasteiger partial charge in [-0.1, -0.05) is 13.8 Å². The fraction of sp³-hybridized carbons (Fsp3) is 0.786. The zero-order chi connectivity index (χ0) is 16.4. The summed E-state index contributed by atoms with van der Waals surface area (Å²) in [5.74, 6) is -1.58. The number of nitrogens with one attached hydrogen (secondary N) is 1. The first-order valence-electron chi connectivity index (χ1n) is 7.09. The number of nitrogens with two attached hydrogens (primary N) is 1. The van der Waals surface area contributed by atoms with Gasteiger partial charge in [-0.25, -0.2) is 4.79 Å². The summed E-state index contributed by atoms with van der Waals surface area (Å²) in [6, 6.07) is -1.09. The minimum Gasteiger partial charge on any atom is -0.480 e. The largest absolute Gasteiger partial charge is 0.480 e. The maximum Gasteiger partial charge on any atom is 0.326 e. The van der Waals surface area contributed by atoms with Crippen molar-refractivity contribution < 1.29 is 24.2 Å². The molecule has 0 spiro atoms. The smallest absolute Gasteiger partial charge is 0.326 e. The van der Waals surface area contributed by atoms with Crippen LogP contribution in [0, 0.1) is 11.8 Å². The van der Waals surface area contributed by atoms with E-state index in [9.17, 15) is 14.4 Å². The molecule has 2 atom stereocenters. The maximum atomic E-state index is 11.9. The first kappa shape index (κ1) is 19.4. The summed E-state index contributed by atoms with van der Waals surface area (Å²) in [5, 5.41) is 11.5. The van der Waals surface area contributed by atoms with Crippen LogP contribution in [0.5, 0.6) is 0 Å². The Hall–Kier alpha value is -1.63. The van der Waals surface area contributed by atoms with Gasteiger partial charge in [-0.15, -0.1) is 0 Å². The number of carboxylic acids is 1. The molecule has 7 heteroatoms. The highest BCUT2D eigenvalue weighted by molar-refractivity contribution is 5.84. The molecular weight excluding hydrogens is 276 g/mol. The number of amides is 1. The number of hydrogen-bond acceptors (Lipinski definition) is 5. The van der Waals surface area contributed by atoms with E-state index in [4.69, 9.17) is 10.8 Å². The highest BCUT2D eigenvalue weighted by Gasteiger charge is 2.22. The molecule has 0 saturated heterocycles. The molecule has 0 aromatic carbocycles. The van der Waals surface area contributed by atoms with E-state index in [2.05, 4.69) is 10.1 Å². The van der Waals surface area contributed by atoms with Gasteiger partial charge in [0.2, 0.25) is 5.91 Å². The zero-order valence-corrected chi connectivity index (χ0v) is 12.9. The van der Waals surface area contributed by atoms with E-state index < -0.39 is 18.0 Å². The van der Waals surface area contributed by atoms with E-state index in [1.807, 2.05) is 13.8 Å². The van der Waals surface area contributed by atoms with Crippen molar-refractivity contribution in [3.05, 3.63) is 0 Å². The van der Waals surface area contributed by atoms with Crippen molar-refractivity contribution in [2.45, 2.75) is 45.6 Å². The van der Waals surface area contributed by atoms with Gasteiger partial charge in [-0.05, 0) is 31.2 Å². The minimum atomic E-state index is -1.17. The third-order valence-corrected chi connectivity index (χ3v) is 3.11. The van der Waals surface area contributed by atoms with Gasteiger partial charge in [0.25, 0.3) is 0 Å². The van der Waals surface area contributed by atoms with Crippen molar-refractivity contribution >= 4 is 17.8 Å². The topological polar surface area (TPSA) is 119 Å². The van der Waals surface area contributed by atoms with E-state index >= 15 is 0 Å². The maximum absolute atomic E-state index is 11.9. The molecule has 0 aliphatic carbocycles. The van der Waals surface area contributed by atoms with Crippen molar-refractivity contribution in [2.24, 2.45) is 17.6 Å². The van der Waals surface area contributed by atoms with Gasteiger partial charge < -0.3 is 20.9 Å². The summed E-state index contributed by atoms with van der Waals surface area (Å²) in [6.07, 6.45) is 0.950. The van der Waals surface area contributed by atoms with E-state index in [0.29, 0.717) is 12.5 Å². The Kier molecular flexibility index (Phi) is 9.36. The Morgan fingerprint density at radius 3 is 2.33 bits per heavy atom. The molecule has 0 aliphatic rings. The molecular formula is C14H26N2O5. The third kappa shape index (κ3) is 9.01. The zero-order valence-electron chi connectivity index (χ0n) is 12.9. The molecule has 0 aromatic heterocycles. The minimum absolute atomic E-state index is 0.00518. The number of ether oxygens (including phenoxy) is 1. The number of carbonyl (C=O) groups is 3. The van der Waals surface area contributed by atoms with Crippen molar-refractivity contribution in [2.75, 3.05) is 13.7 Å². The quantitative estimate of drug-likeness (QED) is 0.506. The lowest BCUT2D eigenvalue weighted by Gasteiger charge is -2.19. The number of hydrogen-bond donors (Lipinski definition) is 3. The molecule has 0 fully saturated rings. The second kappa shape index (κ2) is 10.1. The van der Waals surface area contributed by atoms with Crippen LogP contribution in [0.2, 0.25) is 0 Å². The van der Waals surface area contributed by atoms with Gasteiger partial charge in [0.1, 0.15) is 6.04 Å². The Bertz CT molecular complexity index is 357. The summed E-state index contributed by atoms with van der Waals surface area (Å²) in [7, 11) is 1.23. The molecule has 7 nitrogen and oxygen atoms in total. The van der Waals surface area contributed by atoms with Crippen LogP contribution in [0.4, 0.5) is 0 Å². The van der Waals surface area contributed by atoms with Gasteiger partial charge >= 0.3 is 11.9 Å². The van der Waals surface area contributed by atoms with Gasteiger partial charge in [-0.2, -0.15) is 0 Å². The third-order valence-electron chi connectivity index (χ3n) is 3.11. The molecule has 0 aliphatic heterocycles. The first-order chi connectivity index (χ1) is 9.79. The normalized spacial score (nSPS) is 13.6. The fourth-order valence-electron chi connectivity index (χ4n) is 2.07. The summed E-state index contributed by atoms with van der Waals surface area (Å²) >= 11 is 0. The lowest BCUT2D eigenvalue weighted by molar-refractivity contribution is -0.144. The van der Waals surface area contributed by atoms with Crippen LogP contribution < -0.4 is 11.1 Å². The number of carboxylic acid groups (broad SMARTS) is 1. The lowest BCUT2D eigenvalue weighted by atomic mass is 9.94. The van der Waals surface area contributed by atoms with E-state index in [1.165, 1.54) is 7.11 Å². The van der Waals surface area contributed by atoms with E-state index in [1.54, 1.807) is 0 Å². The second-order valence-corrected chi connectivity index (χ2v) is 5.51. The summed E-state index contributed by atoms with van der Waals surface area (Å²) < 4.78 is 4.45. The van der Waals surface area contributed by atoms with Crippen molar-refractivity contribution in [1.82, 2.24) is 5.32 Å². The molecule has 0 aromatic rings. The van der Waals surface area contributed by atoms with Crippen LogP contribution in [0.1, 0.15) is 39.5 Å². The first-order valence-corrected chi connectivity index (χ1v) is 7.09. The Balaban J connectivity index is 4.39. The Labute approximate surface area is 125 Å². The SMILES string of the molecule is COC(=O)CC[C@H](NC(=O)C[C@@H](CN)CC(C)C)C(=O)O. The fourth-order valence-corrected chi connectivity index (χ4v) is 2.07. The molecule has 0 radical (unpaired) electrons. The van der Waals surface area contributed by atoms with Crippen LogP contribution in [0.3, 0.4) is 0 Å². The van der Waals surface area contributed by atoms with Crippen molar-refractivity contribution in [3.8, 4) is 0 Å². The summed E-state index contributed by atoms with van der Waals surface area (Å²) in [4.78, 5) is 34.0. The van der Waals surface area contributed by atoms with E-state index in [-0.39, 0.29) is 31.1 Å². The van der Waals surface area contributed by atoms with Crippen LogP contribution in [0.15, 0.2) is 0 Å². The predicted molar refractivity (Wildman–Crippen MR) is 77.4 cm³/mol. The molecule has 21 heavy (non-hydrogen) atoms. The number of esters is 1. The van der Waals surface area contributed by atoms with E-state index in [0.717, 1.165) is 6.42 Å². The summed E-state index contributed by atoms with van der Waals surface area (Å²) in [5.41, 5.74) is 5.62. The Morgan fingerprint density at radius 2 is 1.90 bits per heavy atom.